The maximum absolute atomic E-state index is 12.1. The van der Waals surface area contributed by atoms with Crippen LogP contribution in [0.2, 0.25) is 15.1 Å². The van der Waals surface area contributed by atoms with Gasteiger partial charge in [-0.1, -0.05) is 60.8 Å². The number of hydrogen-bond donors (Lipinski definition) is 0. The van der Waals surface area contributed by atoms with E-state index in [1.807, 2.05) is 12.1 Å². The lowest BCUT2D eigenvalue weighted by Crippen LogP contribution is -2.11. The first kappa shape index (κ1) is 16.1. The molecule has 0 spiro atoms. The van der Waals surface area contributed by atoms with Gasteiger partial charge in [0.15, 0.2) is 5.69 Å². The number of aromatic nitrogens is 1. The van der Waals surface area contributed by atoms with Gasteiger partial charge in [0.1, 0.15) is 5.75 Å². The standard InChI is InChI=1S/C15H12Cl3NO2/c1-8(2)9-4-3-5-10(6-9)21-15(20)14-13(18)12(17)11(16)7-19-14/h3-8H,1-2H3. The van der Waals surface area contributed by atoms with E-state index in [0.29, 0.717) is 11.7 Å². The minimum Gasteiger partial charge on any atom is -0.422 e. The van der Waals surface area contributed by atoms with Gasteiger partial charge in [-0.25, -0.2) is 9.78 Å². The molecule has 0 saturated carbocycles. The van der Waals surface area contributed by atoms with Crippen molar-refractivity contribution < 1.29 is 9.53 Å². The van der Waals surface area contributed by atoms with E-state index in [1.54, 1.807) is 12.1 Å². The summed E-state index contributed by atoms with van der Waals surface area (Å²) in [7, 11) is 0. The molecule has 0 radical (unpaired) electrons. The minimum atomic E-state index is -0.681. The Morgan fingerprint density at radius 3 is 2.57 bits per heavy atom. The van der Waals surface area contributed by atoms with Crippen molar-refractivity contribution in [3.8, 4) is 5.75 Å². The third-order valence-electron chi connectivity index (χ3n) is 2.85. The predicted octanol–water partition coefficient (Wildman–Crippen LogP) is 5.38. The van der Waals surface area contributed by atoms with E-state index in [1.165, 1.54) is 6.20 Å². The average molecular weight is 345 g/mol. The molecule has 0 N–H and O–H groups in total. The van der Waals surface area contributed by atoms with Crippen LogP contribution in [-0.4, -0.2) is 11.0 Å². The molecule has 0 atom stereocenters. The van der Waals surface area contributed by atoms with Crippen LogP contribution >= 0.6 is 34.8 Å². The molecule has 1 aromatic heterocycles. The van der Waals surface area contributed by atoms with E-state index >= 15 is 0 Å². The molecule has 0 bridgehead atoms. The smallest absolute Gasteiger partial charge is 0.363 e. The normalized spacial score (nSPS) is 10.8. The van der Waals surface area contributed by atoms with Crippen LogP contribution in [0.4, 0.5) is 0 Å². The molecule has 2 rings (SSSR count). The zero-order chi connectivity index (χ0) is 15.6. The summed E-state index contributed by atoms with van der Waals surface area (Å²) in [6, 6.07) is 7.28. The van der Waals surface area contributed by atoms with Crippen LogP contribution < -0.4 is 4.74 Å². The molecule has 1 aromatic carbocycles. The van der Waals surface area contributed by atoms with Crippen molar-refractivity contribution in [2.24, 2.45) is 0 Å². The topological polar surface area (TPSA) is 39.2 Å². The summed E-state index contributed by atoms with van der Waals surface area (Å²) in [5.74, 6) is 0.0740. The van der Waals surface area contributed by atoms with E-state index in [2.05, 4.69) is 18.8 Å². The van der Waals surface area contributed by atoms with Gasteiger partial charge in [-0.15, -0.1) is 0 Å². The highest BCUT2D eigenvalue weighted by atomic mass is 35.5. The molecule has 21 heavy (non-hydrogen) atoms. The van der Waals surface area contributed by atoms with Crippen LogP contribution in [0.25, 0.3) is 0 Å². The van der Waals surface area contributed by atoms with E-state index in [-0.39, 0.29) is 20.8 Å². The first-order valence-electron chi connectivity index (χ1n) is 6.21. The summed E-state index contributed by atoms with van der Waals surface area (Å²) < 4.78 is 5.28. The van der Waals surface area contributed by atoms with Gasteiger partial charge in [0.05, 0.1) is 15.1 Å². The van der Waals surface area contributed by atoms with Crippen molar-refractivity contribution in [2.75, 3.05) is 0 Å². The van der Waals surface area contributed by atoms with Crippen LogP contribution in [0, 0.1) is 0 Å². The molecular formula is C15H12Cl3NO2. The lowest BCUT2D eigenvalue weighted by molar-refractivity contribution is 0.0728. The van der Waals surface area contributed by atoms with Gasteiger partial charge >= 0.3 is 5.97 Å². The number of esters is 1. The molecule has 0 aliphatic rings. The molecule has 110 valence electrons. The molecule has 6 heteroatoms. The van der Waals surface area contributed by atoms with Crippen molar-refractivity contribution in [1.29, 1.82) is 0 Å². The number of ether oxygens (including phenoxy) is 1. The zero-order valence-corrected chi connectivity index (χ0v) is 13.6. The molecule has 2 aromatic rings. The summed E-state index contributed by atoms with van der Waals surface area (Å²) >= 11 is 17.6. The number of carbonyl (C=O) groups is 1. The quantitative estimate of drug-likeness (QED) is 0.554. The molecule has 0 aliphatic carbocycles. The number of carbonyl (C=O) groups excluding carboxylic acids is 1. The highest BCUT2D eigenvalue weighted by molar-refractivity contribution is 6.48. The Kier molecular flexibility index (Phi) is 5.09. The van der Waals surface area contributed by atoms with Crippen LogP contribution in [0.1, 0.15) is 35.8 Å². The van der Waals surface area contributed by atoms with Crippen molar-refractivity contribution in [1.82, 2.24) is 4.98 Å². The Morgan fingerprint density at radius 1 is 1.19 bits per heavy atom. The summed E-state index contributed by atoms with van der Waals surface area (Å²) in [6.07, 6.45) is 1.26. The summed E-state index contributed by atoms with van der Waals surface area (Å²) in [4.78, 5) is 16.0. The fourth-order valence-electron chi connectivity index (χ4n) is 1.68. The van der Waals surface area contributed by atoms with E-state index in [9.17, 15) is 4.79 Å². The molecule has 0 saturated heterocycles. The fraction of sp³-hybridized carbons (Fsp3) is 0.200. The molecule has 3 nitrogen and oxygen atoms in total. The number of nitrogens with zero attached hydrogens (tertiary/aromatic N) is 1. The minimum absolute atomic E-state index is 0.0193. The zero-order valence-electron chi connectivity index (χ0n) is 11.4. The van der Waals surface area contributed by atoms with E-state index < -0.39 is 5.97 Å². The Bertz CT molecular complexity index is 687. The van der Waals surface area contributed by atoms with Crippen molar-refractivity contribution in [2.45, 2.75) is 19.8 Å². The molecule has 0 aliphatic heterocycles. The number of halogens is 3. The highest BCUT2D eigenvalue weighted by Gasteiger charge is 2.19. The number of hydrogen-bond acceptors (Lipinski definition) is 3. The summed E-state index contributed by atoms with van der Waals surface area (Å²) in [6.45, 7) is 4.11. The van der Waals surface area contributed by atoms with Gasteiger partial charge in [0.2, 0.25) is 0 Å². The number of pyridine rings is 1. The summed E-state index contributed by atoms with van der Waals surface area (Å²) in [5.41, 5.74) is 0.995. The average Bonchev–Trinajstić information content (AvgIpc) is 2.45. The largest absolute Gasteiger partial charge is 0.422 e. The van der Waals surface area contributed by atoms with Gasteiger partial charge in [-0.2, -0.15) is 0 Å². The Morgan fingerprint density at radius 2 is 1.90 bits per heavy atom. The van der Waals surface area contributed by atoms with Crippen molar-refractivity contribution >= 4 is 40.8 Å². The Balaban J connectivity index is 2.26. The summed E-state index contributed by atoms with van der Waals surface area (Å²) in [5, 5.41) is 0.241. The van der Waals surface area contributed by atoms with Gasteiger partial charge < -0.3 is 4.74 Å². The molecule has 0 unspecified atom stereocenters. The second-order valence-electron chi connectivity index (χ2n) is 4.70. The maximum atomic E-state index is 12.1. The number of rotatable bonds is 3. The van der Waals surface area contributed by atoms with Crippen LogP contribution in [0.5, 0.6) is 5.75 Å². The van der Waals surface area contributed by atoms with Gasteiger partial charge in [-0.05, 0) is 23.6 Å². The number of benzene rings is 1. The third-order valence-corrected chi connectivity index (χ3v) is 4.09. The fourth-order valence-corrected chi connectivity index (χ4v) is 2.24. The molecule has 1 heterocycles. The lowest BCUT2D eigenvalue weighted by Gasteiger charge is -2.09. The van der Waals surface area contributed by atoms with Crippen LogP contribution in [0.3, 0.4) is 0 Å². The van der Waals surface area contributed by atoms with Gasteiger partial charge in [0.25, 0.3) is 0 Å². The Labute approximate surface area is 137 Å². The predicted molar refractivity (Wildman–Crippen MR) is 84.8 cm³/mol. The monoisotopic (exact) mass is 343 g/mol. The SMILES string of the molecule is CC(C)c1cccc(OC(=O)c2ncc(Cl)c(Cl)c2Cl)c1. The Hall–Kier alpha value is -1.29. The maximum Gasteiger partial charge on any atom is 0.363 e. The van der Waals surface area contributed by atoms with Crippen molar-refractivity contribution in [3.63, 3.8) is 0 Å². The van der Waals surface area contributed by atoms with Crippen LogP contribution in [0.15, 0.2) is 30.5 Å². The molecule has 0 amide bonds. The van der Waals surface area contributed by atoms with E-state index in [4.69, 9.17) is 39.5 Å². The third kappa shape index (κ3) is 3.67. The van der Waals surface area contributed by atoms with Crippen molar-refractivity contribution in [3.05, 3.63) is 56.8 Å². The van der Waals surface area contributed by atoms with Crippen LogP contribution in [-0.2, 0) is 0 Å². The first-order chi connectivity index (χ1) is 9.90. The second kappa shape index (κ2) is 6.65. The van der Waals surface area contributed by atoms with E-state index in [0.717, 1.165) is 5.56 Å². The van der Waals surface area contributed by atoms with Gasteiger partial charge in [-0.3, -0.25) is 0 Å². The van der Waals surface area contributed by atoms with Gasteiger partial charge in [0, 0.05) is 6.20 Å². The highest BCUT2D eigenvalue weighted by Crippen LogP contribution is 2.31. The molecule has 0 fully saturated rings. The lowest BCUT2D eigenvalue weighted by atomic mass is 10.0. The molecular weight excluding hydrogens is 333 g/mol. The second-order valence-corrected chi connectivity index (χ2v) is 5.86. The first-order valence-corrected chi connectivity index (χ1v) is 7.35.